The first-order valence-corrected chi connectivity index (χ1v) is 10.2. The summed E-state index contributed by atoms with van der Waals surface area (Å²) in [6, 6.07) is 10.1. The van der Waals surface area contributed by atoms with E-state index in [0.717, 1.165) is 31.9 Å². The second-order valence-electron chi connectivity index (χ2n) is 7.63. The van der Waals surface area contributed by atoms with Crippen LogP contribution < -0.4 is 10.6 Å². The number of hydrogen-bond acceptors (Lipinski definition) is 6. The van der Waals surface area contributed by atoms with Gasteiger partial charge in [0.1, 0.15) is 0 Å². The lowest BCUT2D eigenvalue weighted by Crippen LogP contribution is -2.49. The number of hydrogen-bond donors (Lipinski definition) is 2. The van der Waals surface area contributed by atoms with Crippen LogP contribution in [0.15, 0.2) is 42.6 Å². The summed E-state index contributed by atoms with van der Waals surface area (Å²) >= 11 is 0. The van der Waals surface area contributed by atoms with Crippen LogP contribution in [-0.2, 0) is 21.4 Å². The molecule has 31 heavy (non-hydrogen) atoms. The maximum absolute atomic E-state index is 12.4. The van der Waals surface area contributed by atoms with Crippen molar-refractivity contribution in [2.45, 2.75) is 6.04 Å². The number of esters is 1. The van der Waals surface area contributed by atoms with E-state index in [1.807, 2.05) is 29.9 Å². The maximum atomic E-state index is 12.4. The Balaban J connectivity index is 1.60. The van der Waals surface area contributed by atoms with Crippen molar-refractivity contribution in [1.29, 1.82) is 0 Å². The molecule has 0 radical (unpaired) electrons. The number of carbonyl (C=O) groups excluding carboxylic acids is 3. The van der Waals surface area contributed by atoms with Crippen LogP contribution in [0, 0.1) is 0 Å². The Morgan fingerprint density at radius 1 is 1.00 bits per heavy atom. The van der Waals surface area contributed by atoms with Crippen LogP contribution in [0.5, 0.6) is 0 Å². The molecule has 1 fully saturated rings. The van der Waals surface area contributed by atoms with Gasteiger partial charge >= 0.3 is 17.8 Å². The Bertz CT molecular complexity index is 916. The van der Waals surface area contributed by atoms with Crippen molar-refractivity contribution in [3.8, 4) is 0 Å². The number of methoxy groups -OCH3 is 1. The molecule has 1 unspecified atom stereocenters. The summed E-state index contributed by atoms with van der Waals surface area (Å²) in [5, 5.41) is 5.32. The molecule has 0 saturated carbocycles. The molecule has 166 valence electrons. The molecule has 2 amide bonds. The highest BCUT2D eigenvalue weighted by Gasteiger charge is 2.27. The zero-order chi connectivity index (χ0) is 22.4. The average molecular weight is 428 g/mol. The van der Waals surface area contributed by atoms with E-state index in [2.05, 4.69) is 32.2 Å². The second kappa shape index (κ2) is 10.2. The smallest absolute Gasteiger partial charge is 0.337 e. The Morgan fingerprint density at radius 2 is 1.68 bits per heavy atom. The molecule has 1 aromatic carbocycles. The van der Waals surface area contributed by atoms with Gasteiger partial charge in [-0.25, -0.2) is 4.79 Å². The van der Waals surface area contributed by atoms with Gasteiger partial charge in [0.25, 0.3) is 0 Å². The van der Waals surface area contributed by atoms with Gasteiger partial charge in [-0.1, -0.05) is 0 Å². The fourth-order valence-electron chi connectivity index (χ4n) is 3.64. The fourth-order valence-corrected chi connectivity index (χ4v) is 3.64. The minimum atomic E-state index is -0.755. The zero-order valence-electron chi connectivity index (χ0n) is 18.1. The number of piperazine rings is 1. The molecule has 3 rings (SSSR count). The molecule has 2 N–H and O–H groups in total. The first-order chi connectivity index (χ1) is 14.9. The van der Waals surface area contributed by atoms with Crippen LogP contribution in [0.25, 0.3) is 0 Å². The predicted octanol–water partition coefficient (Wildman–Crippen LogP) is 0.855. The number of ether oxygens (including phenoxy) is 1. The number of carbonyl (C=O) groups is 3. The molecule has 1 saturated heterocycles. The number of anilines is 1. The van der Waals surface area contributed by atoms with Crippen LogP contribution in [0.4, 0.5) is 5.69 Å². The molecule has 2 aromatic rings. The van der Waals surface area contributed by atoms with Crippen LogP contribution in [0.2, 0.25) is 0 Å². The van der Waals surface area contributed by atoms with Crippen molar-refractivity contribution in [2.75, 3.05) is 52.2 Å². The van der Waals surface area contributed by atoms with Crippen molar-refractivity contribution in [3.05, 3.63) is 53.9 Å². The zero-order valence-corrected chi connectivity index (χ0v) is 18.1. The molecule has 1 atom stereocenters. The van der Waals surface area contributed by atoms with Gasteiger partial charge in [-0.05, 0) is 43.4 Å². The third-order valence-electron chi connectivity index (χ3n) is 5.53. The van der Waals surface area contributed by atoms with E-state index in [-0.39, 0.29) is 6.04 Å². The first kappa shape index (κ1) is 22.5. The highest BCUT2D eigenvalue weighted by Crippen LogP contribution is 2.21. The Kier molecular flexibility index (Phi) is 7.43. The molecule has 0 spiro atoms. The summed E-state index contributed by atoms with van der Waals surface area (Å²) in [7, 11) is 5.37. The summed E-state index contributed by atoms with van der Waals surface area (Å²) in [6.07, 6.45) is 1.98. The van der Waals surface area contributed by atoms with Crippen LogP contribution in [0.3, 0.4) is 0 Å². The number of aryl methyl sites for hydroxylation is 1. The standard InChI is InChI=1S/C22H29N5O4/c1-25-11-13-27(14-12-25)19(18-5-4-10-26(18)2)15-23-20(28)21(29)24-17-8-6-16(7-9-17)22(30)31-3/h4-10,19H,11-15H2,1-3H3,(H,23,28)(H,24,29). The number of aromatic nitrogens is 1. The lowest BCUT2D eigenvalue weighted by atomic mass is 10.1. The van der Waals surface area contributed by atoms with E-state index >= 15 is 0 Å². The minimum absolute atomic E-state index is 0.0233. The highest BCUT2D eigenvalue weighted by molar-refractivity contribution is 6.39. The summed E-state index contributed by atoms with van der Waals surface area (Å²) in [5.41, 5.74) is 1.87. The number of rotatable bonds is 6. The molecule has 9 heteroatoms. The van der Waals surface area contributed by atoms with Gasteiger partial charge in [-0.15, -0.1) is 0 Å². The van der Waals surface area contributed by atoms with Crippen molar-refractivity contribution in [3.63, 3.8) is 0 Å². The largest absolute Gasteiger partial charge is 0.465 e. The molecule has 2 heterocycles. The van der Waals surface area contributed by atoms with Crippen LogP contribution in [-0.4, -0.2) is 79.0 Å². The van der Waals surface area contributed by atoms with Gasteiger partial charge in [0.15, 0.2) is 0 Å². The lowest BCUT2D eigenvalue weighted by molar-refractivity contribution is -0.136. The van der Waals surface area contributed by atoms with E-state index in [9.17, 15) is 14.4 Å². The van der Waals surface area contributed by atoms with Gasteiger partial charge < -0.3 is 24.8 Å². The molecule has 0 aliphatic carbocycles. The molecular formula is C22H29N5O4. The van der Waals surface area contributed by atoms with Crippen LogP contribution in [0.1, 0.15) is 22.1 Å². The second-order valence-corrected chi connectivity index (χ2v) is 7.63. The topological polar surface area (TPSA) is 95.9 Å². The summed E-state index contributed by atoms with van der Waals surface area (Å²) in [4.78, 5) is 40.9. The molecule has 1 aliphatic rings. The molecule has 1 aliphatic heterocycles. The first-order valence-electron chi connectivity index (χ1n) is 10.2. The molecule has 1 aromatic heterocycles. The lowest BCUT2D eigenvalue weighted by Gasteiger charge is -2.38. The predicted molar refractivity (Wildman–Crippen MR) is 117 cm³/mol. The minimum Gasteiger partial charge on any atom is -0.465 e. The van der Waals surface area contributed by atoms with Crippen molar-refractivity contribution >= 4 is 23.5 Å². The normalized spacial score (nSPS) is 15.8. The fraction of sp³-hybridized carbons (Fsp3) is 0.409. The molecule has 9 nitrogen and oxygen atoms in total. The molecule has 0 bridgehead atoms. The molecular weight excluding hydrogens is 398 g/mol. The summed E-state index contributed by atoms with van der Waals surface area (Å²) < 4.78 is 6.69. The Labute approximate surface area is 181 Å². The number of benzene rings is 1. The van der Waals surface area contributed by atoms with E-state index < -0.39 is 17.8 Å². The van der Waals surface area contributed by atoms with E-state index in [0.29, 0.717) is 17.8 Å². The van der Waals surface area contributed by atoms with Crippen molar-refractivity contribution in [1.82, 2.24) is 19.7 Å². The van der Waals surface area contributed by atoms with Crippen molar-refractivity contribution < 1.29 is 19.1 Å². The highest BCUT2D eigenvalue weighted by atomic mass is 16.5. The SMILES string of the molecule is COC(=O)c1ccc(NC(=O)C(=O)NCC(c2cccn2C)N2CCN(C)CC2)cc1. The van der Waals surface area contributed by atoms with Gasteiger partial charge in [0.05, 0.1) is 18.7 Å². The third-order valence-corrected chi connectivity index (χ3v) is 5.53. The number of nitrogens with one attached hydrogen (secondary N) is 2. The number of nitrogens with zero attached hydrogens (tertiary/aromatic N) is 3. The van der Waals surface area contributed by atoms with Gasteiger partial charge in [-0.3, -0.25) is 14.5 Å². The number of amides is 2. The van der Waals surface area contributed by atoms with E-state index in [1.165, 1.54) is 19.2 Å². The maximum Gasteiger partial charge on any atom is 0.337 e. The van der Waals surface area contributed by atoms with Crippen molar-refractivity contribution in [2.24, 2.45) is 7.05 Å². The number of likely N-dealkylation sites (N-methyl/N-ethyl adjacent to an activating group) is 1. The van der Waals surface area contributed by atoms with E-state index in [1.54, 1.807) is 12.1 Å². The monoisotopic (exact) mass is 427 g/mol. The van der Waals surface area contributed by atoms with E-state index in [4.69, 9.17) is 0 Å². The Hall–Kier alpha value is -3.17. The average Bonchev–Trinajstić information content (AvgIpc) is 3.20. The third kappa shape index (κ3) is 5.71. The quantitative estimate of drug-likeness (QED) is 0.524. The van der Waals surface area contributed by atoms with Gasteiger partial charge in [-0.2, -0.15) is 0 Å². The Morgan fingerprint density at radius 3 is 2.26 bits per heavy atom. The summed E-state index contributed by atoms with van der Waals surface area (Å²) in [6.45, 7) is 4.02. The van der Waals surface area contributed by atoms with Gasteiger partial charge in [0, 0.05) is 57.3 Å². The van der Waals surface area contributed by atoms with Gasteiger partial charge in [0.2, 0.25) is 0 Å². The summed E-state index contributed by atoms with van der Waals surface area (Å²) in [5.74, 6) is -1.92. The van der Waals surface area contributed by atoms with Crippen LogP contribution >= 0.6 is 0 Å².